The number of benzene rings is 2. The summed E-state index contributed by atoms with van der Waals surface area (Å²) in [5, 5.41) is 11.6. The van der Waals surface area contributed by atoms with Crippen molar-refractivity contribution in [3.05, 3.63) is 65.9 Å². The average Bonchev–Trinajstić information content (AvgIpc) is 2.69. The molecule has 5 heteroatoms. The summed E-state index contributed by atoms with van der Waals surface area (Å²) < 4.78 is 0. The molecule has 4 rings (SSSR count). The summed E-state index contributed by atoms with van der Waals surface area (Å²) in [5.41, 5.74) is 5.93. The number of aromatic nitrogens is 3. The molecule has 0 atom stereocenters. The van der Waals surface area contributed by atoms with Gasteiger partial charge in [0.05, 0.1) is 11.9 Å². The molecule has 0 spiro atoms. The fourth-order valence-electron chi connectivity index (χ4n) is 3.51. The van der Waals surface area contributed by atoms with Gasteiger partial charge in [-0.3, -0.25) is 0 Å². The molecule has 1 aliphatic heterocycles. The molecule has 0 saturated carbocycles. The van der Waals surface area contributed by atoms with Gasteiger partial charge in [0.15, 0.2) is 0 Å². The Morgan fingerprint density at radius 3 is 2.85 bits per heavy atom. The number of hydrogen-bond donors (Lipinski definition) is 1. The van der Waals surface area contributed by atoms with E-state index in [0.717, 1.165) is 30.9 Å². The quantitative estimate of drug-likeness (QED) is 0.764. The van der Waals surface area contributed by atoms with Crippen molar-refractivity contribution in [2.24, 2.45) is 0 Å². The van der Waals surface area contributed by atoms with Crippen LogP contribution >= 0.6 is 0 Å². The summed E-state index contributed by atoms with van der Waals surface area (Å²) >= 11 is 0. The van der Waals surface area contributed by atoms with E-state index in [1.807, 2.05) is 12.1 Å². The third kappa shape index (κ3) is 3.52. The lowest BCUT2D eigenvalue weighted by atomic mass is 10.0. The van der Waals surface area contributed by atoms with Gasteiger partial charge < -0.3 is 10.2 Å². The first-order valence-corrected chi connectivity index (χ1v) is 9.14. The molecule has 132 valence electrons. The molecule has 0 bridgehead atoms. The molecule has 0 saturated heterocycles. The van der Waals surface area contributed by atoms with Crippen LogP contribution in [-0.2, 0) is 6.42 Å². The molecule has 0 unspecified atom stereocenters. The van der Waals surface area contributed by atoms with Gasteiger partial charge in [0.1, 0.15) is 0 Å². The molecule has 0 radical (unpaired) electrons. The van der Waals surface area contributed by atoms with Crippen LogP contribution in [0.25, 0.3) is 11.3 Å². The third-order valence-corrected chi connectivity index (χ3v) is 4.85. The zero-order valence-corrected chi connectivity index (χ0v) is 15.0. The SMILES string of the molecule is Cc1ccccc1-c1cnnc(NCCN2CCCc3ccccc32)n1. The van der Waals surface area contributed by atoms with Gasteiger partial charge in [-0.25, -0.2) is 4.98 Å². The smallest absolute Gasteiger partial charge is 0.243 e. The van der Waals surface area contributed by atoms with Gasteiger partial charge >= 0.3 is 0 Å². The normalized spacial score (nSPS) is 13.3. The standard InChI is InChI=1S/C21H23N5/c1-16-7-2-4-10-18(16)19-15-23-25-21(24-19)22-12-14-26-13-6-9-17-8-3-5-11-20(17)26/h2-5,7-8,10-11,15H,6,9,12-14H2,1H3,(H,22,24,25). The lowest BCUT2D eigenvalue weighted by molar-refractivity contribution is 0.697. The molecule has 1 aromatic heterocycles. The summed E-state index contributed by atoms with van der Waals surface area (Å²) in [4.78, 5) is 7.06. The molecular weight excluding hydrogens is 322 g/mol. The molecule has 1 aliphatic rings. The number of aryl methyl sites for hydroxylation is 2. The number of nitrogens with one attached hydrogen (secondary N) is 1. The van der Waals surface area contributed by atoms with E-state index in [-0.39, 0.29) is 0 Å². The van der Waals surface area contributed by atoms with Gasteiger partial charge in [0.2, 0.25) is 5.95 Å². The highest BCUT2D eigenvalue weighted by Gasteiger charge is 2.15. The second kappa shape index (κ2) is 7.52. The Morgan fingerprint density at radius 2 is 1.92 bits per heavy atom. The van der Waals surface area contributed by atoms with Gasteiger partial charge in [-0.05, 0) is 37.0 Å². The molecule has 26 heavy (non-hydrogen) atoms. The Kier molecular flexibility index (Phi) is 4.78. The lowest BCUT2D eigenvalue weighted by Gasteiger charge is -2.31. The van der Waals surface area contributed by atoms with Crippen LogP contribution in [0.3, 0.4) is 0 Å². The fraction of sp³-hybridized carbons (Fsp3) is 0.286. The Labute approximate surface area is 154 Å². The van der Waals surface area contributed by atoms with E-state index in [4.69, 9.17) is 0 Å². The highest BCUT2D eigenvalue weighted by molar-refractivity contribution is 5.63. The van der Waals surface area contributed by atoms with Gasteiger partial charge in [-0.2, -0.15) is 5.10 Å². The number of fused-ring (bicyclic) bond motifs is 1. The predicted molar refractivity (Wildman–Crippen MR) is 105 cm³/mol. The first-order valence-electron chi connectivity index (χ1n) is 9.14. The molecule has 0 amide bonds. The number of rotatable bonds is 5. The highest BCUT2D eigenvalue weighted by atomic mass is 15.2. The minimum absolute atomic E-state index is 0.580. The Hall–Kier alpha value is -2.95. The minimum Gasteiger partial charge on any atom is -0.370 e. The zero-order valence-electron chi connectivity index (χ0n) is 15.0. The largest absolute Gasteiger partial charge is 0.370 e. The predicted octanol–water partition coefficient (Wildman–Crippen LogP) is 3.71. The van der Waals surface area contributed by atoms with E-state index in [0.29, 0.717) is 5.95 Å². The first kappa shape index (κ1) is 16.5. The molecule has 0 fully saturated rings. The molecule has 5 nitrogen and oxygen atoms in total. The summed E-state index contributed by atoms with van der Waals surface area (Å²) in [6.45, 7) is 4.89. The molecule has 0 aliphatic carbocycles. The number of nitrogens with zero attached hydrogens (tertiary/aromatic N) is 4. The van der Waals surface area contributed by atoms with Crippen molar-refractivity contribution in [1.82, 2.24) is 15.2 Å². The van der Waals surface area contributed by atoms with Crippen molar-refractivity contribution in [1.29, 1.82) is 0 Å². The van der Waals surface area contributed by atoms with E-state index in [2.05, 4.69) is 68.7 Å². The van der Waals surface area contributed by atoms with Gasteiger partial charge in [-0.15, -0.1) is 5.10 Å². The lowest BCUT2D eigenvalue weighted by Crippen LogP contribution is -2.33. The van der Waals surface area contributed by atoms with Crippen LogP contribution in [0.2, 0.25) is 0 Å². The number of anilines is 2. The molecular formula is C21H23N5. The Bertz CT molecular complexity index is 893. The maximum Gasteiger partial charge on any atom is 0.243 e. The van der Waals surface area contributed by atoms with Crippen LogP contribution in [0, 0.1) is 6.92 Å². The van der Waals surface area contributed by atoms with Crippen molar-refractivity contribution < 1.29 is 0 Å². The second-order valence-corrected chi connectivity index (χ2v) is 6.63. The van der Waals surface area contributed by atoms with Gasteiger partial charge in [0, 0.05) is 30.9 Å². The molecule has 2 aromatic carbocycles. The average molecular weight is 345 g/mol. The first-order chi connectivity index (χ1) is 12.8. The fourth-order valence-corrected chi connectivity index (χ4v) is 3.51. The van der Waals surface area contributed by atoms with E-state index < -0.39 is 0 Å². The number of hydrogen-bond acceptors (Lipinski definition) is 5. The summed E-state index contributed by atoms with van der Waals surface area (Å²) in [6, 6.07) is 16.9. The van der Waals surface area contributed by atoms with Crippen LogP contribution in [0.4, 0.5) is 11.6 Å². The van der Waals surface area contributed by atoms with Gasteiger partial charge in [-0.1, -0.05) is 42.5 Å². The van der Waals surface area contributed by atoms with Crippen LogP contribution in [0.5, 0.6) is 0 Å². The Balaban J connectivity index is 1.42. The van der Waals surface area contributed by atoms with E-state index >= 15 is 0 Å². The molecule has 1 N–H and O–H groups in total. The van der Waals surface area contributed by atoms with E-state index in [1.54, 1.807) is 6.20 Å². The molecule has 3 aromatic rings. The number of para-hydroxylation sites is 1. The summed E-state index contributed by atoms with van der Waals surface area (Å²) in [6.07, 6.45) is 4.10. The highest BCUT2D eigenvalue weighted by Crippen LogP contribution is 2.26. The van der Waals surface area contributed by atoms with E-state index in [1.165, 1.54) is 29.7 Å². The monoisotopic (exact) mass is 345 g/mol. The summed E-state index contributed by atoms with van der Waals surface area (Å²) in [7, 11) is 0. The van der Waals surface area contributed by atoms with Gasteiger partial charge in [0.25, 0.3) is 0 Å². The van der Waals surface area contributed by atoms with Crippen molar-refractivity contribution in [2.75, 3.05) is 29.9 Å². The van der Waals surface area contributed by atoms with Crippen molar-refractivity contribution >= 4 is 11.6 Å². The van der Waals surface area contributed by atoms with Crippen molar-refractivity contribution in [2.45, 2.75) is 19.8 Å². The topological polar surface area (TPSA) is 53.9 Å². The zero-order chi connectivity index (χ0) is 17.8. The van der Waals surface area contributed by atoms with Crippen molar-refractivity contribution in [3.63, 3.8) is 0 Å². The second-order valence-electron chi connectivity index (χ2n) is 6.63. The third-order valence-electron chi connectivity index (χ3n) is 4.85. The van der Waals surface area contributed by atoms with E-state index in [9.17, 15) is 0 Å². The van der Waals surface area contributed by atoms with Crippen LogP contribution < -0.4 is 10.2 Å². The molecule has 2 heterocycles. The summed E-state index contributed by atoms with van der Waals surface area (Å²) in [5.74, 6) is 0.580. The van der Waals surface area contributed by atoms with Crippen LogP contribution in [0.15, 0.2) is 54.7 Å². The van der Waals surface area contributed by atoms with Crippen molar-refractivity contribution in [3.8, 4) is 11.3 Å². The maximum absolute atomic E-state index is 4.63. The van der Waals surface area contributed by atoms with Crippen LogP contribution in [0.1, 0.15) is 17.5 Å². The van der Waals surface area contributed by atoms with Crippen LogP contribution in [-0.4, -0.2) is 34.8 Å². The maximum atomic E-state index is 4.63. The minimum atomic E-state index is 0.580. The Morgan fingerprint density at radius 1 is 1.08 bits per heavy atom.